The Kier molecular flexibility index (Phi) is 1.48. The van der Waals surface area contributed by atoms with Crippen LogP contribution < -0.4 is 5.32 Å². The molecular formula is C10H11BrN2. The molecule has 1 aromatic heterocycles. The molecule has 2 nitrogen and oxygen atoms in total. The minimum absolute atomic E-state index is 0.437. The highest BCUT2D eigenvalue weighted by atomic mass is 79.9. The van der Waals surface area contributed by atoms with Crippen LogP contribution in [0.3, 0.4) is 0 Å². The van der Waals surface area contributed by atoms with Crippen LogP contribution in [0.2, 0.25) is 0 Å². The third kappa shape index (κ3) is 0.966. The molecule has 68 valence electrons. The van der Waals surface area contributed by atoms with Crippen LogP contribution in [0, 0.1) is 0 Å². The molecule has 0 saturated heterocycles. The van der Waals surface area contributed by atoms with E-state index in [1.54, 1.807) is 0 Å². The van der Waals surface area contributed by atoms with Gasteiger partial charge < -0.3 is 5.32 Å². The Labute approximate surface area is 85.9 Å². The molecule has 0 unspecified atom stereocenters. The predicted octanol–water partition coefficient (Wildman–Crippen LogP) is 2.69. The second kappa shape index (κ2) is 2.47. The van der Waals surface area contributed by atoms with E-state index in [4.69, 9.17) is 0 Å². The lowest BCUT2D eigenvalue weighted by Gasteiger charge is -2.37. The third-order valence-electron chi connectivity index (χ3n) is 3.33. The summed E-state index contributed by atoms with van der Waals surface area (Å²) < 4.78 is 1.10. The quantitative estimate of drug-likeness (QED) is 0.752. The van der Waals surface area contributed by atoms with E-state index in [2.05, 4.69) is 32.3 Å². The summed E-state index contributed by atoms with van der Waals surface area (Å²) in [5.41, 5.74) is 1.86. The van der Waals surface area contributed by atoms with Crippen molar-refractivity contribution in [2.45, 2.75) is 24.7 Å². The Morgan fingerprint density at radius 1 is 1.46 bits per heavy atom. The Morgan fingerprint density at radius 2 is 2.31 bits per heavy atom. The SMILES string of the molecule is Brc1cnc2c(c1)C1(CCC1)CN2. The standard InChI is InChI=1S/C10H11BrN2/c11-7-4-8-9(12-5-7)13-6-10(8)2-1-3-10/h4-5H,1-3,6H2,(H,12,13). The molecule has 1 N–H and O–H groups in total. The van der Waals surface area contributed by atoms with Gasteiger partial charge in [0.1, 0.15) is 5.82 Å². The van der Waals surface area contributed by atoms with Crippen LogP contribution >= 0.6 is 15.9 Å². The lowest BCUT2D eigenvalue weighted by Crippen LogP contribution is -2.35. The van der Waals surface area contributed by atoms with Crippen LogP contribution in [-0.4, -0.2) is 11.5 Å². The van der Waals surface area contributed by atoms with Crippen molar-refractivity contribution in [3.05, 3.63) is 22.3 Å². The van der Waals surface area contributed by atoms with Gasteiger partial charge in [-0.05, 0) is 34.8 Å². The maximum absolute atomic E-state index is 4.38. The van der Waals surface area contributed by atoms with Gasteiger partial charge >= 0.3 is 0 Å². The zero-order chi connectivity index (χ0) is 8.89. The molecule has 1 spiro atoms. The Morgan fingerprint density at radius 3 is 3.00 bits per heavy atom. The Hall–Kier alpha value is -0.570. The van der Waals surface area contributed by atoms with Crippen molar-refractivity contribution < 1.29 is 0 Å². The number of anilines is 1. The average Bonchev–Trinajstić information content (AvgIpc) is 2.41. The number of pyridine rings is 1. The van der Waals surface area contributed by atoms with E-state index in [0.717, 1.165) is 16.8 Å². The van der Waals surface area contributed by atoms with Crippen LogP contribution in [-0.2, 0) is 5.41 Å². The fourth-order valence-electron chi connectivity index (χ4n) is 2.38. The van der Waals surface area contributed by atoms with E-state index in [-0.39, 0.29) is 0 Å². The molecule has 0 amide bonds. The second-order valence-electron chi connectivity index (χ2n) is 4.04. The average molecular weight is 239 g/mol. The van der Waals surface area contributed by atoms with Gasteiger partial charge in [-0.25, -0.2) is 4.98 Å². The predicted molar refractivity (Wildman–Crippen MR) is 56.0 cm³/mol. The molecule has 0 radical (unpaired) electrons. The summed E-state index contributed by atoms with van der Waals surface area (Å²) in [6.07, 6.45) is 5.88. The molecular weight excluding hydrogens is 228 g/mol. The summed E-state index contributed by atoms with van der Waals surface area (Å²) in [7, 11) is 0. The molecule has 2 aliphatic rings. The first-order chi connectivity index (χ1) is 6.30. The molecule has 13 heavy (non-hydrogen) atoms. The first-order valence-electron chi connectivity index (χ1n) is 4.70. The molecule has 1 aromatic rings. The first-order valence-corrected chi connectivity index (χ1v) is 5.49. The van der Waals surface area contributed by atoms with Crippen LogP contribution in [0.4, 0.5) is 5.82 Å². The minimum Gasteiger partial charge on any atom is -0.369 e. The van der Waals surface area contributed by atoms with Crippen molar-refractivity contribution in [2.24, 2.45) is 0 Å². The van der Waals surface area contributed by atoms with Gasteiger partial charge in [-0.3, -0.25) is 0 Å². The number of nitrogens with one attached hydrogen (secondary N) is 1. The van der Waals surface area contributed by atoms with Gasteiger partial charge in [0, 0.05) is 28.2 Å². The molecule has 2 heterocycles. The van der Waals surface area contributed by atoms with Gasteiger partial charge in [-0.15, -0.1) is 0 Å². The fourth-order valence-corrected chi connectivity index (χ4v) is 2.71. The number of fused-ring (bicyclic) bond motifs is 2. The van der Waals surface area contributed by atoms with E-state index in [9.17, 15) is 0 Å². The van der Waals surface area contributed by atoms with Crippen molar-refractivity contribution in [3.8, 4) is 0 Å². The summed E-state index contributed by atoms with van der Waals surface area (Å²) in [6, 6.07) is 2.22. The molecule has 3 rings (SSSR count). The minimum atomic E-state index is 0.437. The fraction of sp³-hybridized carbons (Fsp3) is 0.500. The number of aromatic nitrogens is 1. The molecule has 1 aliphatic carbocycles. The van der Waals surface area contributed by atoms with Crippen LogP contribution in [0.5, 0.6) is 0 Å². The molecule has 0 bridgehead atoms. The summed E-state index contributed by atoms with van der Waals surface area (Å²) in [5.74, 6) is 1.10. The maximum Gasteiger partial charge on any atom is 0.129 e. The number of rotatable bonds is 0. The van der Waals surface area contributed by atoms with E-state index < -0.39 is 0 Å². The normalized spacial score (nSPS) is 22.2. The highest BCUT2D eigenvalue weighted by Gasteiger charge is 2.44. The van der Waals surface area contributed by atoms with Gasteiger partial charge in [0.2, 0.25) is 0 Å². The van der Waals surface area contributed by atoms with Crippen molar-refractivity contribution >= 4 is 21.7 Å². The van der Waals surface area contributed by atoms with Crippen LogP contribution in [0.1, 0.15) is 24.8 Å². The van der Waals surface area contributed by atoms with Gasteiger partial charge in [-0.2, -0.15) is 0 Å². The smallest absolute Gasteiger partial charge is 0.129 e. The topological polar surface area (TPSA) is 24.9 Å². The molecule has 1 fully saturated rings. The van der Waals surface area contributed by atoms with Gasteiger partial charge in [0.05, 0.1) is 0 Å². The van der Waals surface area contributed by atoms with Gasteiger partial charge in [0.25, 0.3) is 0 Å². The van der Waals surface area contributed by atoms with Gasteiger partial charge in [-0.1, -0.05) is 6.42 Å². The molecule has 0 aromatic carbocycles. The molecule has 0 atom stereocenters. The lowest BCUT2D eigenvalue weighted by molar-refractivity contribution is 0.272. The highest BCUT2D eigenvalue weighted by molar-refractivity contribution is 9.10. The first kappa shape index (κ1) is 7.80. The van der Waals surface area contributed by atoms with E-state index in [0.29, 0.717) is 5.41 Å². The Bertz CT molecular complexity index is 358. The van der Waals surface area contributed by atoms with E-state index >= 15 is 0 Å². The van der Waals surface area contributed by atoms with Crippen LogP contribution in [0.25, 0.3) is 0 Å². The Balaban J connectivity index is 2.14. The highest BCUT2D eigenvalue weighted by Crippen LogP contribution is 2.49. The van der Waals surface area contributed by atoms with Crippen LogP contribution in [0.15, 0.2) is 16.7 Å². The zero-order valence-electron chi connectivity index (χ0n) is 7.31. The molecule has 1 saturated carbocycles. The second-order valence-corrected chi connectivity index (χ2v) is 4.95. The van der Waals surface area contributed by atoms with Crippen molar-refractivity contribution in [2.75, 3.05) is 11.9 Å². The summed E-state index contributed by atoms with van der Waals surface area (Å²) in [6.45, 7) is 1.09. The van der Waals surface area contributed by atoms with E-state index in [1.165, 1.54) is 24.8 Å². The van der Waals surface area contributed by atoms with Crippen molar-refractivity contribution in [1.82, 2.24) is 4.98 Å². The number of nitrogens with zero attached hydrogens (tertiary/aromatic N) is 1. The lowest BCUT2D eigenvalue weighted by atomic mass is 9.66. The zero-order valence-corrected chi connectivity index (χ0v) is 8.89. The van der Waals surface area contributed by atoms with Crippen molar-refractivity contribution in [1.29, 1.82) is 0 Å². The largest absolute Gasteiger partial charge is 0.369 e. The van der Waals surface area contributed by atoms with E-state index in [1.807, 2.05) is 6.20 Å². The van der Waals surface area contributed by atoms with Crippen molar-refractivity contribution in [3.63, 3.8) is 0 Å². The number of hydrogen-bond donors (Lipinski definition) is 1. The number of halogens is 1. The third-order valence-corrected chi connectivity index (χ3v) is 3.76. The number of hydrogen-bond acceptors (Lipinski definition) is 2. The summed E-state index contributed by atoms with van der Waals surface area (Å²) in [5, 5.41) is 3.39. The monoisotopic (exact) mass is 238 g/mol. The molecule has 1 aliphatic heterocycles. The maximum atomic E-state index is 4.38. The molecule has 3 heteroatoms. The van der Waals surface area contributed by atoms with Gasteiger partial charge in [0.15, 0.2) is 0 Å². The summed E-state index contributed by atoms with van der Waals surface area (Å²) in [4.78, 5) is 4.38. The summed E-state index contributed by atoms with van der Waals surface area (Å²) >= 11 is 3.48.